The van der Waals surface area contributed by atoms with Gasteiger partial charge in [0.25, 0.3) is 10.0 Å². The van der Waals surface area contributed by atoms with Crippen LogP contribution in [0, 0.1) is 5.82 Å². The minimum absolute atomic E-state index is 0.0130. The van der Waals surface area contributed by atoms with Crippen LogP contribution in [-0.2, 0) is 10.0 Å². The topological polar surface area (TPSA) is 81.4 Å². The van der Waals surface area contributed by atoms with Gasteiger partial charge in [0.2, 0.25) is 0 Å². The van der Waals surface area contributed by atoms with Crippen LogP contribution in [0.2, 0.25) is 0 Å². The van der Waals surface area contributed by atoms with E-state index in [-0.39, 0.29) is 16.3 Å². The van der Waals surface area contributed by atoms with Gasteiger partial charge in [-0.2, -0.15) is 0 Å². The number of halogens is 1. The molecule has 0 aliphatic rings. The fourth-order valence-corrected chi connectivity index (χ4v) is 2.69. The lowest BCUT2D eigenvalue weighted by molar-refractivity contribution is 0.414. The zero-order valence-corrected chi connectivity index (χ0v) is 11.4. The third kappa shape index (κ3) is 2.83. The Morgan fingerprint density at radius 1 is 1.15 bits per heavy atom. The van der Waals surface area contributed by atoms with Gasteiger partial charge in [-0.3, -0.25) is 4.72 Å². The van der Waals surface area contributed by atoms with E-state index >= 15 is 0 Å². The molecule has 0 aromatic heterocycles. The van der Waals surface area contributed by atoms with E-state index < -0.39 is 15.8 Å². The third-order valence-corrected chi connectivity index (χ3v) is 4.02. The van der Waals surface area contributed by atoms with Gasteiger partial charge in [-0.1, -0.05) is 6.07 Å². The van der Waals surface area contributed by atoms with Crippen molar-refractivity contribution in [1.82, 2.24) is 0 Å². The largest absolute Gasteiger partial charge is 0.497 e. The van der Waals surface area contributed by atoms with Crippen molar-refractivity contribution in [2.45, 2.75) is 4.90 Å². The van der Waals surface area contributed by atoms with Gasteiger partial charge in [0, 0.05) is 0 Å². The Labute approximate surface area is 116 Å². The molecule has 7 heteroatoms. The van der Waals surface area contributed by atoms with Crippen molar-refractivity contribution in [2.75, 3.05) is 17.6 Å². The molecule has 0 spiro atoms. The predicted octanol–water partition coefficient (Wildman–Crippen LogP) is 2.22. The van der Waals surface area contributed by atoms with Crippen molar-refractivity contribution in [3.63, 3.8) is 0 Å². The molecular formula is C13H13FN2O3S. The van der Waals surface area contributed by atoms with Gasteiger partial charge in [-0.25, -0.2) is 12.8 Å². The van der Waals surface area contributed by atoms with Crippen LogP contribution in [-0.4, -0.2) is 15.5 Å². The van der Waals surface area contributed by atoms with Gasteiger partial charge in [0.05, 0.1) is 17.7 Å². The molecule has 5 nitrogen and oxygen atoms in total. The molecule has 20 heavy (non-hydrogen) atoms. The summed E-state index contributed by atoms with van der Waals surface area (Å²) >= 11 is 0. The van der Waals surface area contributed by atoms with Crippen LogP contribution in [0.25, 0.3) is 0 Å². The number of hydrogen-bond donors (Lipinski definition) is 2. The highest BCUT2D eigenvalue weighted by molar-refractivity contribution is 7.92. The molecule has 2 aromatic rings. The van der Waals surface area contributed by atoms with Crippen molar-refractivity contribution in [3.8, 4) is 5.75 Å². The Hall–Kier alpha value is -2.28. The number of rotatable bonds is 4. The lowest BCUT2D eigenvalue weighted by atomic mass is 10.3. The van der Waals surface area contributed by atoms with Crippen LogP contribution < -0.4 is 15.2 Å². The number of para-hydroxylation sites is 1. The fraction of sp³-hybridized carbons (Fsp3) is 0.0769. The summed E-state index contributed by atoms with van der Waals surface area (Å²) in [7, 11) is -2.43. The monoisotopic (exact) mass is 296 g/mol. The van der Waals surface area contributed by atoms with Crippen molar-refractivity contribution >= 4 is 21.4 Å². The molecule has 106 valence electrons. The minimum Gasteiger partial charge on any atom is -0.497 e. The number of benzene rings is 2. The molecule has 0 aliphatic carbocycles. The summed E-state index contributed by atoms with van der Waals surface area (Å²) in [4.78, 5) is -0.0130. The molecule has 0 atom stereocenters. The van der Waals surface area contributed by atoms with E-state index in [1.807, 2.05) is 0 Å². The summed E-state index contributed by atoms with van der Waals surface area (Å²) in [5, 5.41) is 0. The maximum atomic E-state index is 13.6. The number of ether oxygens (including phenoxy) is 1. The molecule has 2 rings (SSSR count). The van der Waals surface area contributed by atoms with E-state index in [1.54, 1.807) is 0 Å². The van der Waals surface area contributed by atoms with Gasteiger partial charge in [-0.05, 0) is 36.4 Å². The Kier molecular flexibility index (Phi) is 3.80. The molecule has 0 fully saturated rings. The summed E-state index contributed by atoms with van der Waals surface area (Å²) in [5.41, 5.74) is 5.32. The zero-order valence-electron chi connectivity index (χ0n) is 10.6. The smallest absolute Gasteiger partial charge is 0.262 e. The molecule has 2 aromatic carbocycles. The molecule has 3 N–H and O–H groups in total. The van der Waals surface area contributed by atoms with Crippen LogP contribution in [0.3, 0.4) is 0 Å². The first-order valence-corrected chi connectivity index (χ1v) is 7.13. The number of nitrogens with two attached hydrogens (primary N) is 1. The van der Waals surface area contributed by atoms with Crippen LogP contribution in [0.1, 0.15) is 0 Å². The Bertz CT molecular complexity index is 695. The third-order valence-electron chi connectivity index (χ3n) is 2.65. The average molecular weight is 296 g/mol. The molecule has 0 aliphatic heterocycles. The van der Waals surface area contributed by atoms with Gasteiger partial charge < -0.3 is 10.5 Å². The van der Waals surface area contributed by atoms with E-state index in [0.717, 1.165) is 6.07 Å². The minimum atomic E-state index is -3.91. The highest BCUT2D eigenvalue weighted by atomic mass is 32.2. The molecular weight excluding hydrogens is 283 g/mol. The van der Waals surface area contributed by atoms with Crippen LogP contribution >= 0.6 is 0 Å². The van der Waals surface area contributed by atoms with Gasteiger partial charge in [0.15, 0.2) is 0 Å². The highest BCUT2D eigenvalue weighted by Crippen LogP contribution is 2.25. The zero-order chi connectivity index (χ0) is 14.8. The quantitative estimate of drug-likeness (QED) is 0.848. The predicted molar refractivity (Wildman–Crippen MR) is 74.6 cm³/mol. The first-order valence-electron chi connectivity index (χ1n) is 5.65. The molecule has 0 saturated heterocycles. The van der Waals surface area contributed by atoms with E-state index in [1.165, 1.54) is 43.5 Å². The Morgan fingerprint density at radius 2 is 1.80 bits per heavy atom. The molecule has 0 heterocycles. The SMILES string of the molecule is COc1ccc(S(=O)(=O)Nc2c(N)cccc2F)cc1. The van der Waals surface area contributed by atoms with Crippen molar-refractivity contribution in [3.05, 3.63) is 48.3 Å². The average Bonchev–Trinajstić information content (AvgIpc) is 2.43. The van der Waals surface area contributed by atoms with E-state index in [2.05, 4.69) is 4.72 Å². The normalized spacial score (nSPS) is 11.1. The van der Waals surface area contributed by atoms with Crippen molar-refractivity contribution in [1.29, 1.82) is 0 Å². The van der Waals surface area contributed by atoms with Gasteiger partial charge >= 0.3 is 0 Å². The molecule has 0 unspecified atom stereocenters. The Balaban J connectivity index is 2.35. The van der Waals surface area contributed by atoms with Gasteiger partial charge in [0.1, 0.15) is 17.3 Å². The van der Waals surface area contributed by atoms with E-state index in [9.17, 15) is 12.8 Å². The van der Waals surface area contributed by atoms with Crippen molar-refractivity contribution < 1.29 is 17.5 Å². The number of hydrogen-bond acceptors (Lipinski definition) is 4. The second-order valence-electron chi connectivity index (χ2n) is 3.99. The summed E-state index contributed by atoms with van der Waals surface area (Å²) in [6.07, 6.45) is 0. The van der Waals surface area contributed by atoms with Crippen LogP contribution in [0.15, 0.2) is 47.4 Å². The molecule has 0 radical (unpaired) electrons. The van der Waals surface area contributed by atoms with Crippen molar-refractivity contribution in [2.24, 2.45) is 0 Å². The molecule has 0 amide bonds. The van der Waals surface area contributed by atoms with E-state index in [0.29, 0.717) is 5.75 Å². The second kappa shape index (κ2) is 5.38. The molecule has 0 bridgehead atoms. The van der Waals surface area contributed by atoms with E-state index in [4.69, 9.17) is 10.5 Å². The highest BCUT2D eigenvalue weighted by Gasteiger charge is 2.17. The fourth-order valence-electron chi connectivity index (χ4n) is 1.60. The first-order chi connectivity index (χ1) is 9.44. The van der Waals surface area contributed by atoms with Crippen LogP contribution in [0.4, 0.5) is 15.8 Å². The number of methoxy groups -OCH3 is 1. The summed E-state index contributed by atoms with van der Waals surface area (Å²) in [6, 6.07) is 9.65. The first kappa shape index (κ1) is 14.1. The number of sulfonamides is 1. The number of nitrogen functional groups attached to an aromatic ring is 1. The second-order valence-corrected chi connectivity index (χ2v) is 5.67. The number of anilines is 2. The lowest BCUT2D eigenvalue weighted by Crippen LogP contribution is -2.15. The maximum Gasteiger partial charge on any atom is 0.262 e. The maximum absolute atomic E-state index is 13.6. The van der Waals surface area contributed by atoms with Gasteiger partial charge in [-0.15, -0.1) is 0 Å². The summed E-state index contributed by atoms with van der Waals surface area (Å²) in [5.74, 6) is -0.212. The summed E-state index contributed by atoms with van der Waals surface area (Å²) < 4.78 is 44.9. The van der Waals surface area contributed by atoms with Crippen LogP contribution in [0.5, 0.6) is 5.75 Å². The standard InChI is InChI=1S/C13H13FN2O3S/c1-19-9-5-7-10(8-6-9)20(17,18)16-13-11(14)3-2-4-12(13)15/h2-8,16H,15H2,1H3. The lowest BCUT2D eigenvalue weighted by Gasteiger charge is -2.11. The Morgan fingerprint density at radius 3 is 2.35 bits per heavy atom. The summed E-state index contributed by atoms with van der Waals surface area (Å²) in [6.45, 7) is 0. The molecule has 0 saturated carbocycles. The number of nitrogens with one attached hydrogen (secondary N) is 1.